The largest absolute Gasteiger partial charge is 0.444 e. The van der Waals surface area contributed by atoms with E-state index in [-0.39, 0.29) is 12.1 Å². The van der Waals surface area contributed by atoms with Crippen molar-refractivity contribution in [2.45, 2.75) is 70.2 Å². The van der Waals surface area contributed by atoms with Crippen molar-refractivity contribution in [2.24, 2.45) is 5.73 Å². The van der Waals surface area contributed by atoms with Crippen LogP contribution in [-0.4, -0.2) is 73.0 Å². The van der Waals surface area contributed by atoms with E-state index in [9.17, 15) is 4.79 Å². The van der Waals surface area contributed by atoms with Gasteiger partial charge in [-0.1, -0.05) is 0 Å². The fourth-order valence-corrected chi connectivity index (χ4v) is 3.69. The van der Waals surface area contributed by atoms with Crippen LogP contribution >= 0.6 is 0 Å². The summed E-state index contributed by atoms with van der Waals surface area (Å²) >= 11 is 0. The first-order valence-electron chi connectivity index (χ1n) is 8.80. The van der Waals surface area contributed by atoms with E-state index in [0.29, 0.717) is 31.8 Å². The van der Waals surface area contributed by atoms with E-state index in [1.165, 1.54) is 12.8 Å². The number of amides is 1. The van der Waals surface area contributed by atoms with Crippen LogP contribution in [0.5, 0.6) is 0 Å². The fraction of sp³-hybridized carbons (Fsp3) is 0.941. The third kappa shape index (κ3) is 5.06. The lowest BCUT2D eigenvalue weighted by Gasteiger charge is -2.46. The fourth-order valence-electron chi connectivity index (χ4n) is 3.69. The number of ether oxygens (including phenoxy) is 2. The van der Waals surface area contributed by atoms with E-state index >= 15 is 0 Å². The maximum Gasteiger partial charge on any atom is 0.410 e. The monoisotopic (exact) mass is 327 g/mol. The molecule has 0 bridgehead atoms. The number of nitrogens with two attached hydrogens (primary N) is 1. The number of rotatable bonds is 3. The Bertz CT molecular complexity index is 397. The minimum atomic E-state index is -0.457. The van der Waals surface area contributed by atoms with Gasteiger partial charge in [-0.3, -0.25) is 4.90 Å². The Labute approximate surface area is 140 Å². The van der Waals surface area contributed by atoms with Crippen molar-refractivity contribution in [3.05, 3.63) is 0 Å². The molecule has 3 atom stereocenters. The second-order valence-corrected chi connectivity index (χ2v) is 7.73. The van der Waals surface area contributed by atoms with Crippen molar-refractivity contribution in [3.8, 4) is 0 Å². The summed E-state index contributed by atoms with van der Waals surface area (Å²) in [6.07, 6.45) is 4.75. The molecule has 2 rings (SSSR count). The van der Waals surface area contributed by atoms with Gasteiger partial charge >= 0.3 is 6.09 Å². The SMILES string of the molecule is COC1CCCC(N2CCN(C(=O)OC(C)(C)C)CC2CN)C1. The molecule has 3 unspecified atom stereocenters. The van der Waals surface area contributed by atoms with Gasteiger partial charge in [-0.05, 0) is 46.5 Å². The van der Waals surface area contributed by atoms with Crippen molar-refractivity contribution < 1.29 is 14.3 Å². The number of carbonyl (C=O) groups is 1. The number of hydrogen-bond acceptors (Lipinski definition) is 5. The molecule has 2 aliphatic rings. The van der Waals surface area contributed by atoms with Crippen molar-refractivity contribution in [1.29, 1.82) is 0 Å². The van der Waals surface area contributed by atoms with Crippen LogP contribution in [0, 0.1) is 0 Å². The van der Waals surface area contributed by atoms with E-state index < -0.39 is 5.60 Å². The van der Waals surface area contributed by atoms with Gasteiger partial charge in [0.1, 0.15) is 5.60 Å². The Morgan fingerprint density at radius 3 is 2.61 bits per heavy atom. The van der Waals surface area contributed by atoms with E-state index in [2.05, 4.69) is 4.90 Å². The lowest BCUT2D eigenvalue weighted by molar-refractivity contribution is -0.0241. The summed E-state index contributed by atoms with van der Waals surface area (Å²) in [4.78, 5) is 16.6. The Morgan fingerprint density at radius 2 is 2.00 bits per heavy atom. The van der Waals surface area contributed by atoms with Crippen molar-refractivity contribution >= 4 is 6.09 Å². The molecule has 6 nitrogen and oxygen atoms in total. The van der Waals surface area contributed by atoms with Gasteiger partial charge in [-0.2, -0.15) is 0 Å². The van der Waals surface area contributed by atoms with E-state index in [4.69, 9.17) is 15.2 Å². The van der Waals surface area contributed by atoms with E-state index in [1.807, 2.05) is 20.8 Å². The van der Waals surface area contributed by atoms with Crippen LogP contribution in [0.3, 0.4) is 0 Å². The highest BCUT2D eigenvalue weighted by Gasteiger charge is 2.36. The Balaban J connectivity index is 1.95. The number of methoxy groups -OCH3 is 1. The van der Waals surface area contributed by atoms with Crippen molar-refractivity contribution in [3.63, 3.8) is 0 Å². The van der Waals surface area contributed by atoms with Crippen LogP contribution < -0.4 is 5.73 Å². The minimum absolute atomic E-state index is 0.205. The average Bonchev–Trinajstić information content (AvgIpc) is 2.52. The number of piperazine rings is 1. The predicted molar refractivity (Wildman–Crippen MR) is 90.4 cm³/mol. The van der Waals surface area contributed by atoms with E-state index in [1.54, 1.807) is 12.0 Å². The first kappa shape index (κ1) is 18.5. The van der Waals surface area contributed by atoms with Crippen LogP contribution in [-0.2, 0) is 9.47 Å². The van der Waals surface area contributed by atoms with Crippen LogP contribution in [0.4, 0.5) is 4.79 Å². The number of nitrogens with zero attached hydrogens (tertiary/aromatic N) is 2. The van der Waals surface area contributed by atoms with Gasteiger partial charge in [0.15, 0.2) is 0 Å². The molecule has 134 valence electrons. The smallest absolute Gasteiger partial charge is 0.410 e. The predicted octanol–water partition coefficient (Wildman–Crippen LogP) is 1.82. The topological polar surface area (TPSA) is 68.0 Å². The van der Waals surface area contributed by atoms with Gasteiger partial charge < -0.3 is 20.1 Å². The second kappa shape index (κ2) is 7.81. The summed E-state index contributed by atoms with van der Waals surface area (Å²) in [7, 11) is 1.80. The van der Waals surface area contributed by atoms with Crippen molar-refractivity contribution in [2.75, 3.05) is 33.3 Å². The molecule has 2 fully saturated rings. The van der Waals surface area contributed by atoms with Gasteiger partial charge in [0.2, 0.25) is 0 Å². The normalized spacial score (nSPS) is 30.3. The summed E-state index contributed by atoms with van der Waals surface area (Å²) < 4.78 is 11.0. The first-order valence-corrected chi connectivity index (χ1v) is 8.80. The van der Waals surface area contributed by atoms with E-state index in [0.717, 1.165) is 19.4 Å². The standard InChI is InChI=1S/C17H33N3O3/c1-17(2,3)23-16(21)19-8-9-20(14(11-18)12-19)13-6-5-7-15(10-13)22-4/h13-15H,5-12,18H2,1-4H3. The molecule has 6 heteroatoms. The van der Waals surface area contributed by atoms with Crippen molar-refractivity contribution in [1.82, 2.24) is 9.80 Å². The first-order chi connectivity index (χ1) is 10.8. The van der Waals surface area contributed by atoms with Crippen LogP contribution in [0.15, 0.2) is 0 Å². The molecule has 1 saturated heterocycles. The molecular weight excluding hydrogens is 294 g/mol. The summed E-state index contributed by atoms with van der Waals surface area (Å²) in [5, 5.41) is 0. The average molecular weight is 327 g/mol. The molecule has 1 aliphatic heterocycles. The highest BCUT2D eigenvalue weighted by Crippen LogP contribution is 2.28. The highest BCUT2D eigenvalue weighted by molar-refractivity contribution is 5.68. The highest BCUT2D eigenvalue weighted by atomic mass is 16.6. The Morgan fingerprint density at radius 1 is 1.26 bits per heavy atom. The molecule has 1 saturated carbocycles. The third-order valence-electron chi connectivity index (χ3n) is 4.85. The lowest BCUT2D eigenvalue weighted by atomic mass is 9.90. The molecule has 0 aromatic carbocycles. The van der Waals surface area contributed by atoms with Gasteiger partial charge in [0.05, 0.1) is 6.10 Å². The summed E-state index contributed by atoms with van der Waals surface area (Å²) in [5.41, 5.74) is 5.55. The molecule has 23 heavy (non-hydrogen) atoms. The summed E-state index contributed by atoms with van der Waals surface area (Å²) in [6.45, 7) is 8.48. The molecule has 1 amide bonds. The van der Waals surface area contributed by atoms with Crippen LogP contribution in [0.1, 0.15) is 46.5 Å². The molecular formula is C17H33N3O3. The summed E-state index contributed by atoms with van der Waals surface area (Å²) in [5.74, 6) is 0. The quantitative estimate of drug-likeness (QED) is 0.856. The number of hydrogen-bond donors (Lipinski definition) is 1. The van der Waals surface area contributed by atoms with Crippen LogP contribution in [0.2, 0.25) is 0 Å². The maximum absolute atomic E-state index is 12.3. The maximum atomic E-state index is 12.3. The molecule has 2 N–H and O–H groups in total. The lowest BCUT2D eigenvalue weighted by Crippen LogP contribution is -2.61. The Hall–Kier alpha value is -0.850. The molecule has 0 radical (unpaired) electrons. The zero-order valence-corrected chi connectivity index (χ0v) is 15.1. The number of carbonyl (C=O) groups excluding carboxylic acids is 1. The van der Waals surface area contributed by atoms with Gasteiger partial charge in [-0.25, -0.2) is 4.79 Å². The zero-order chi connectivity index (χ0) is 17.0. The Kier molecular flexibility index (Phi) is 6.28. The molecule has 0 aromatic heterocycles. The third-order valence-corrected chi connectivity index (χ3v) is 4.85. The molecule has 0 aromatic rings. The minimum Gasteiger partial charge on any atom is -0.444 e. The zero-order valence-electron chi connectivity index (χ0n) is 15.1. The molecule has 0 spiro atoms. The van der Waals surface area contributed by atoms with Gasteiger partial charge in [0.25, 0.3) is 0 Å². The van der Waals surface area contributed by atoms with Gasteiger partial charge in [0, 0.05) is 45.4 Å². The van der Waals surface area contributed by atoms with Gasteiger partial charge in [-0.15, -0.1) is 0 Å². The van der Waals surface area contributed by atoms with Crippen LogP contribution in [0.25, 0.3) is 0 Å². The summed E-state index contributed by atoms with van der Waals surface area (Å²) in [6, 6.07) is 0.722. The molecule has 1 heterocycles. The second-order valence-electron chi connectivity index (χ2n) is 7.73. The molecule has 1 aliphatic carbocycles.